The quantitative estimate of drug-likeness (QED) is 0.895. The number of nitrogens with zero attached hydrogens (tertiary/aromatic N) is 2. The molecule has 5 heteroatoms. The summed E-state index contributed by atoms with van der Waals surface area (Å²) < 4.78 is 0. The van der Waals surface area contributed by atoms with Crippen molar-refractivity contribution in [2.75, 3.05) is 6.54 Å². The Hall–Kier alpha value is -2.17. The Morgan fingerprint density at radius 3 is 2.56 bits per heavy atom. The fraction of sp³-hybridized carbons (Fsp3) is 0.550. The molecule has 2 aliphatic rings. The predicted octanol–water partition coefficient (Wildman–Crippen LogP) is 2.89. The van der Waals surface area contributed by atoms with E-state index in [-0.39, 0.29) is 24.4 Å². The van der Waals surface area contributed by atoms with Gasteiger partial charge in [0.05, 0.1) is 0 Å². The van der Waals surface area contributed by atoms with Crippen LogP contribution < -0.4 is 5.32 Å². The lowest BCUT2D eigenvalue weighted by molar-refractivity contribution is -0.136. The van der Waals surface area contributed by atoms with Gasteiger partial charge in [0.25, 0.3) is 5.91 Å². The Balaban J connectivity index is 1.86. The zero-order chi connectivity index (χ0) is 17.9. The molecule has 0 saturated heterocycles. The Labute approximate surface area is 149 Å². The summed E-state index contributed by atoms with van der Waals surface area (Å²) in [5.41, 5.74) is 0.800. The molecular formula is C20H27N3O2. The van der Waals surface area contributed by atoms with E-state index >= 15 is 0 Å². The average molecular weight is 341 g/mol. The molecule has 1 atom stereocenters. The first kappa shape index (κ1) is 17.6. The van der Waals surface area contributed by atoms with E-state index in [0.29, 0.717) is 5.71 Å². The highest BCUT2D eigenvalue weighted by atomic mass is 16.2. The molecule has 0 bridgehead atoms. The normalized spacial score (nSPS) is 20.5. The summed E-state index contributed by atoms with van der Waals surface area (Å²) in [6, 6.07) is 9.69. The minimum absolute atomic E-state index is 0.0863. The van der Waals surface area contributed by atoms with Gasteiger partial charge in [-0.1, -0.05) is 43.7 Å². The molecule has 1 fully saturated rings. The summed E-state index contributed by atoms with van der Waals surface area (Å²) in [5.74, 6) is -0.218. The van der Waals surface area contributed by atoms with Crippen LogP contribution in [0.25, 0.3) is 0 Å². The van der Waals surface area contributed by atoms with Crippen LogP contribution in [0.1, 0.15) is 57.9 Å². The highest BCUT2D eigenvalue weighted by molar-refractivity contribution is 6.47. The van der Waals surface area contributed by atoms with E-state index in [0.717, 1.165) is 37.7 Å². The molecule has 1 aliphatic heterocycles. The van der Waals surface area contributed by atoms with Crippen LogP contribution in [0.5, 0.6) is 0 Å². The maximum Gasteiger partial charge on any atom is 0.275 e. The Morgan fingerprint density at radius 1 is 1.24 bits per heavy atom. The van der Waals surface area contributed by atoms with Crippen LogP contribution in [-0.4, -0.2) is 40.7 Å². The third-order valence-electron chi connectivity index (χ3n) is 5.29. The van der Waals surface area contributed by atoms with Crippen LogP contribution in [-0.2, 0) is 9.59 Å². The lowest BCUT2D eigenvalue weighted by atomic mass is 9.88. The first-order valence-corrected chi connectivity index (χ1v) is 9.32. The second kappa shape index (κ2) is 7.38. The van der Waals surface area contributed by atoms with Gasteiger partial charge in [-0.2, -0.15) is 0 Å². The number of hydrogen-bond acceptors (Lipinski definition) is 3. The van der Waals surface area contributed by atoms with Crippen molar-refractivity contribution in [2.45, 2.75) is 64.1 Å². The van der Waals surface area contributed by atoms with Crippen LogP contribution >= 0.6 is 0 Å². The summed E-state index contributed by atoms with van der Waals surface area (Å²) in [5, 5.41) is 2.97. The maximum absolute atomic E-state index is 13.1. The molecule has 1 N–H and O–H groups in total. The maximum atomic E-state index is 13.1. The minimum Gasteiger partial charge on any atom is -0.352 e. The molecule has 1 aromatic rings. The molecule has 1 aromatic carbocycles. The van der Waals surface area contributed by atoms with Crippen molar-refractivity contribution >= 4 is 17.5 Å². The third kappa shape index (κ3) is 3.60. The molecular weight excluding hydrogens is 314 g/mol. The van der Waals surface area contributed by atoms with Crippen LogP contribution in [0.3, 0.4) is 0 Å². The van der Waals surface area contributed by atoms with E-state index in [9.17, 15) is 9.59 Å². The molecule has 0 radical (unpaired) electrons. The number of amides is 2. The van der Waals surface area contributed by atoms with E-state index in [1.54, 1.807) is 4.90 Å². The van der Waals surface area contributed by atoms with E-state index in [1.165, 1.54) is 6.42 Å². The van der Waals surface area contributed by atoms with Gasteiger partial charge >= 0.3 is 0 Å². The van der Waals surface area contributed by atoms with Crippen molar-refractivity contribution in [2.24, 2.45) is 4.99 Å². The summed E-state index contributed by atoms with van der Waals surface area (Å²) >= 11 is 0. The highest BCUT2D eigenvalue weighted by Crippen LogP contribution is 2.39. The van der Waals surface area contributed by atoms with Crippen LogP contribution in [0.4, 0.5) is 0 Å². The molecule has 0 aromatic heterocycles. The topological polar surface area (TPSA) is 61.8 Å². The molecule has 1 unspecified atom stereocenters. The molecule has 3 rings (SSSR count). The molecule has 5 nitrogen and oxygen atoms in total. The fourth-order valence-electron chi connectivity index (χ4n) is 3.70. The van der Waals surface area contributed by atoms with E-state index in [4.69, 9.17) is 4.99 Å². The molecule has 25 heavy (non-hydrogen) atoms. The third-order valence-corrected chi connectivity index (χ3v) is 5.29. The van der Waals surface area contributed by atoms with Crippen molar-refractivity contribution in [1.29, 1.82) is 0 Å². The SMILES string of the molecule is CCC(C)NC(=O)CN1C(=O)C(c2ccccc2)=NC12CCCCC2. The largest absolute Gasteiger partial charge is 0.352 e. The van der Waals surface area contributed by atoms with Gasteiger partial charge in [-0.3, -0.25) is 14.6 Å². The van der Waals surface area contributed by atoms with Gasteiger partial charge in [-0.05, 0) is 39.0 Å². The lowest BCUT2D eigenvalue weighted by Crippen LogP contribution is -2.52. The number of carbonyl (C=O) groups excluding carboxylic acids is 2. The van der Waals surface area contributed by atoms with E-state index < -0.39 is 5.66 Å². The van der Waals surface area contributed by atoms with Crippen molar-refractivity contribution in [1.82, 2.24) is 10.2 Å². The number of rotatable bonds is 5. The van der Waals surface area contributed by atoms with Crippen molar-refractivity contribution in [3.63, 3.8) is 0 Å². The highest BCUT2D eigenvalue weighted by Gasteiger charge is 2.48. The molecule has 1 heterocycles. The summed E-state index contributed by atoms with van der Waals surface area (Å²) in [6.45, 7) is 4.10. The average Bonchev–Trinajstić information content (AvgIpc) is 2.89. The van der Waals surface area contributed by atoms with Crippen molar-refractivity contribution in [3.8, 4) is 0 Å². The second-order valence-electron chi connectivity index (χ2n) is 7.14. The minimum atomic E-state index is -0.534. The monoisotopic (exact) mass is 341 g/mol. The van der Waals surface area contributed by atoms with Gasteiger partial charge in [0, 0.05) is 11.6 Å². The predicted molar refractivity (Wildman–Crippen MR) is 98.4 cm³/mol. The first-order chi connectivity index (χ1) is 12.1. The van der Waals surface area contributed by atoms with E-state index in [2.05, 4.69) is 5.32 Å². The Bertz CT molecular complexity index is 663. The Kier molecular flexibility index (Phi) is 5.21. The van der Waals surface area contributed by atoms with Crippen molar-refractivity contribution < 1.29 is 9.59 Å². The van der Waals surface area contributed by atoms with Crippen LogP contribution in [0, 0.1) is 0 Å². The van der Waals surface area contributed by atoms with Gasteiger partial charge in [0.15, 0.2) is 0 Å². The zero-order valence-electron chi connectivity index (χ0n) is 15.1. The van der Waals surface area contributed by atoms with Gasteiger partial charge in [-0.15, -0.1) is 0 Å². The van der Waals surface area contributed by atoms with Gasteiger partial charge in [0.1, 0.15) is 17.9 Å². The summed E-state index contributed by atoms with van der Waals surface area (Å²) in [7, 11) is 0. The smallest absolute Gasteiger partial charge is 0.275 e. The zero-order valence-corrected chi connectivity index (χ0v) is 15.1. The first-order valence-electron chi connectivity index (χ1n) is 9.32. The number of nitrogens with one attached hydrogen (secondary N) is 1. The van der Waals surface area contributed by atoms with E-state index in [1.807, 2.05) is 44.2 Å². The number of carbonyl (C=O) groups is 2. The standard InChI is InChI=1S/C20H27N3O2/c1-3-15(2)21-17(24)14-23-19(25)18(16-10-6-4-7-11-16)22-20(23)12-8-5-9-13-20/h4,6-7,10-11,15H,3,5,8-9,12-14H2,1-2H3,(H,21,24). The fourth-order valence-corrected chi connectivity index (χ4v) is 3.70. The number of benzene rings is 1. The molecule has 1 saturated carbocycles. The van der Waals surface area contributed by atoms with Gasteiger partial charge in [-0.25, -0.2) is 0 Å². The molecule has 134 valence electrons. The molecule has 1 spiro atoms. The van der Waals surface area contributed by atoms with Crippen LogP contribution in [0.15, 0.2) is 35.3 Å². The summed E-state index contributed by atoms with van der Waals surface area (Å²) in [6.07, 6.45) is 5.80. The van der Waals surface area contributed by atoms with Gasteiger partial charge < -0.3 is 10.2 Å². The van der Waals surface area contributed by atoms with Crippen LogP contribution in [0.2, 0.25) is 0 Å². The molecule has 2 amide bonds. The number of hydrogen-bond donors (Lipinski definition) is 1. The lowest BCUT2D eigenvalue weighted by Gasteiger charge is -2.38. The Morgan fingerprint density at radius 2 is 1.92 bits per heavy atom. The van der Waals surface area contributed by atoms with Crippen molar-refractivity contribution in [3.05, 3.63) is 35.9 Å². The second-order valence-corrected chi connectivity index (χ2v) is 7.14. The summed E-state index contributed by atoms with van der Waals surface area (Å²) in [4.78, 5) is 32.1. The molecule has 1 aliphatic carbocycles. The van der Waals surface area contributed by atoms with Gasteiger partial charge in [0.2, 0.25) is 5.91 Å². The number of aliphatic imine (C=N–C) groups is 1.